The lowest BCUT2D eigenvalue weighted by Crippen LogP contribution is -2.42. The molecule has 70 valence electrons. The molecule has 1 amide bonds. The molecular weight excluding hydrogens is 174 g/mol. The highest BCUT2D eigenvalue weighted by molar-refractivity contribution is 8.12. The Morgan fingerprint density at radius 3 is 2.25 bits per heavy atom. The normalized spacial score (nSPS) is 11.0. The fraction of sp³-hybridized carbons (Fsp3) is 0.750. The number of thioether (sulfide) groups is 1. The van der Waals surface area contributed by atoms with Crippen molar-refractivity contribution in [2.75, 3.05) is 6.26 Å². The van der Waals surface area contributed by atoms with E-state index in [-0.39, 0.29) is 11.0 Å². The molecule has 0 aromatic heterocycles. The molecule has 0 aromatic rings. The first-order chi connectivity index (χ1) is 5.37. The Labute approximate surface area is 77.3 Å². The summed E-state index contributed by atoms with van der Waals surface area (Å²) in [6.07, 6.45) is 2.08. The van der Waals surface area contributed by atoms with Crippen LogP contribution < -0.4 is 5.32 Å². The minimum Gasteiger partial charge on any atom is -0.342 e. The molecule has 0 atom stereocenters. The molecule has 0 bridgehead atoms. The Kier molecular flexibility index (Phi) is 4.31. The summed E-state index contributed by atoms with van der Waals surface area (Å²) in [4.78, 5) is 21.7. The van der Waals surface area contributed by atoms with Crippen molar-refractivity contribution in [3.63, 3.8) is 0 Å². The van der Waals surface area contributed by atoms with Gasteiger partial charge in [-0.15, -0.1) is 0 Å². The van der Waals surface area contributed by atoms with Crippen LogP contribution in [0.5, 0.6) is 0 Å². The fourth-order valence-electron chi connectivity index (χ4n) is 0.994. The van der Waals surface area contributed by atoms with Crippen LogP contribution in [0.1, 0.15) is 27.2 Å². The molecular formula is C8H15NO2S. The number of ketones is 1. The minimum atomic E-state index is -0.425. The predicted octanol–water partition coefficient (Wildman–Crippen LogP) is 1.82. The maximum atomic E-state index is 10.9. The highest BCUT2D eigenvalue weighted by Gasteiger charge is 2.21. The minimum absolute atomic E-state index is 0.0846. The molecule has 0 heterocycles. The van der Waals surface area contributed by atoms with E-state index in [1.54, 1.807) is 6.26 Å². The van der Waals surface area contributed by atoms with Gasteiger partial charge in [-0.1, -0.05) is 11.8 Å². The Morgan fingerprint density at radius 2 is 1.92 bits per heavy atom. The number of nitrogens with one attached hydrogen (secondary N) is 1. The van der Waals surface area contributed by atoms with Crippen LogP contribution in [0, 0.1) is 0 Å². The van der Waals surface area contributed by atoms with Gasteiger partial charge in [-0.05, 0) is 27.0 Å². The van der Waals surface area contributed by atoms with Crippen LogP contribution in [0.25, 0.3) is 0 Å². The van der Waals surface area contributed by atoms with E-state index in [4.69, 9.17) is 0 Å². The van der Waals surface area contributed by atoms with E-state index >= 15 is 0 Å². The molecule has 0 aliphatic rings. The van der Waals surface area contributed by atoms with Gasteiger partial charge in [0.2, 0.25) is 0 Å². The van der Waals surface area contributed by atoms with Gasteiger partial charge in [0.25, 0.3) is 5.24 Å². The molecule has 0 saturated carbocycles. The van der Waals surface area contributed by atoms with Crippen molar-refractivity contribution < 1.29 is 9.59 Å². The van der Waals surface area contributed by atoms with E-state index in [1.807, 2.05) is 13.8 Å². The Balaban J connectivity index is 4.03. The van der Waals surface area contributed by atoms with E-state index in [9.17, 15) is 9.59 Å². The quantitative estimate of drug-likeness (QED) is 0.736. The number of rotatable bonds is 3. The highest BCUT2D eigenvalue weighted by Crippen LogP contribution is 2.10. The third-order valence-corrected chi connectivity index (χ3v) is 1.79. The summed E-state index contributed by atoms with van der Waals surface area (Å²) in [6, 6.07) is 0. The van der Waals surface area contributed by atoms with Gasteiger partial charge in [0.05, 0.1) is 0 Å². The number of carbonyl (C=O) groups is 2. The third-order valence-electron chi connectivity index (χ3n) is 1.32. The van der Waals surface area contributed by atoms with E-state index < -0.39 is 5.54 Å². The summed E-state index contributed by atoms with van der Waals surface area (Å²) >= 11 is 1.12. The van der Waals surface area contributed by atoms with Crippen LogP contribution in [-0.4, -0.2) is 22.8 Å². The third kappa shape index (κ3) is 5.18. The second kappa shape index (κ2) is 4.50. The molecule has 0 spiro atoms. The van der Waals surface area contributed by atoms with Crippen LogP contribution in [-0.2, 0) is 4.79 Å². The number of Topliss-reactive ketones (excluding diaryl/α,β-unsaturated/α-hetero) is 1. The number of amides is 1. The van der Waals surface area contributed by atoms with Gasteiger partial charge in [0.15, 0.2) is 0 Å². The van der Waals surface area contributed by atoms with Crippen molar-refractivity contribution in [1.29, 1.82) is 0 Å². The molecule has 0 fully saturated rings. The van der Waals surface area contributed by atoms with Gasteiger partial charge in [-0.3, -0.25) is 9.59 Å². The Bertz CT molecular complexity index is 189. The van der Waals surface area contributed by atoms with Crippen LogP contribution in [0.2, 0.25) is 0 Å². The summed E-state index contributed by atoms with van der Waals surface area (Å²) in [5.41, 5.74) is -0.425. The van der Waals surface area contributed by atoms with E-state index in [0.717, 1.165) is 11.8 Å². The first kappa shape index (κ1) is 11.5. The topological polar surface area (TPSA) is 46.2 Å². The number of hydrogen-bond donors (Lipinski definition) is 1. The first-order valence-electron chi connectivity index (χ1n) is 3.73. The molecule has 0 radical (unpaired) electrons. The van der Waals surface area contributed by atoms with Gasteiger partial charge < -0.3 is 5.32 Å². The summed E-state index contributed by atoms with van der Waals surface area (Å²) in [6.45, 7) is 5.19. The molecule has 0 aliphatic carbocycles. The van der Waals surface area contributed by atoms with Crippen LogP contribution in [0.15, 0.2) is 0 Å². The van der Waals surface area contributed by atoms with Gasteiger partial charge >= 0.3 is 0 Å². The smallest absolute Gasteiger partial charge is 0.279 e. The summed E-state index contributed by atoms with van der Waals surface area (Å²) in [5.74, 6) is 0.0846. The Morgan fingerprint density at radius 1 is 1.42 bits per heavy atom. The summed E-state index contributed by atoms with van der Waals surface area (Å²) in [5, 5.41) is 2.64. The zero-order chi connectivity index (χ0) is 9.78. The van der Waals surface area contributed by atoms with Crippen LogP contribution in [0.3, 0.4) is 0 Å². The zero-order valence-electron chi connectivity index (χ0n) is 7.93. The van der Waals surface area contributed by atoms with E-state index in [2.05, 4.69) is 5.32 Å². The maximum absolute atomic E-state index is 10.9. The largest absolute Gasteiger partial charge is 0.342 e. The van der Waals surface area contributed by atoms with Crippen LogP contribution in [0.4, 0.5) is 4.79 Å². The van der Waals surface area contributed by atoms with Crippen LogP contribution >= 0.6 is 11.8 Å². The highest BCUT2D eigenvalue weighted by atomic mass is 32.2. The van der Waals surface area contributed by atoms with E-state index in [0.29, 0.717) is 6.42 Å². The van der Waals surface area contributed by atoms with Crippen molar-refractivity contribution in [2.24, 2.45) is 0 Å². The van der Waals surface area contributed by atoms with Gasteiger partial charge in [0, 0.05) is 12.0 Å². The summed E-state index contributed by atoms with van der Waals surface area (Å²) in [7, 11) is 0. The van der Waals surface area contributed by atoms with Crippen molar-refractivity contribution in [3.8, 4) is 0 Å². The molecule has 3 nitrogen and oxygen atoms in total. The lowest BCUT2D eigenvalue weighted by molar-refractivity contribution is -0.118. The molecule has 0 aromatic carbocycles. The molecule has 4 heteroatoms. The molecule has 12 heavy (non-hydrogen) atoms. The monoisotopic (exact) mass is 189 g/mol. The maximum Gasteiger partial charge on any atom is 0.279 e. The average molecular weight is 189 g/mol. The fourth-order valence-corrected chi connectivity index (χ4v) is 1.37. The second-order valence-electron chi connectivity index (χ2n) is 3.38. The van der Waals surface area contributed by atoms with Gasteiger partial charge in [-0.25, -0.2) is 0 Å². The van der Waals surface area contributed by atoms with Crippen molar-refractivity contribution in [2.45, 2.75) is 32.7 Å². The molecule has 0 aliphatic heterocycles. The number of hydrogen-bond acceptors (Lipinski definition) is 3. The standard InChI is InChI=1S/C8H15NO2S/c1-6(10)5-8(2,3)9-7(11)12-4/h5H2,1-4H3,(H,9,11). The second-order valence-corrected chi connectivity index (χ2v) is 4.16. The van der Waals surface area contributed by atoms with Crippen molar-refractivity contribution >= 4 is 22.8 Å². The molecule has 0 saturated heterocycles. The van der Waals surface area contributed by atoms with Crippen molar-refractivity contribution in [3.05, 3.63) is 0 Å². The van der Waals surface area contributed by atoms with E-state index in [1.165, 1.54) is 6.92 Å². The van der Waals surface area contributed by atoms with Gasteiger partial charge in [-0.2, -0.15) is 0 Å². The number of carbonyl (C=O) groups excluding carboxylic acids is 2. The van der Waals surface area contributed by atoms with Gasteiger partial charge in [0.1, 0.15) is 5.78 Å². The molecule has 1 N–H and O–H groups in total. The lowest BCUT2D eigenvalue weighted by Gasteiger charge is -2.24. The average Bonchev–Trinajstić information content (AvgIpc) is 1.83. The summed E-state index contributed by atoms with van der Waals surface area (Å²) < 4.78 is 0. The zero-order valence-corrected chi connectivity index (χ0v) is 8.75. The first-order valence-corrected chi connectivity index (χ1v) is 4.95. The SMILES string of the molecule is CSC(=O)NC(C)(C)CC(C)=O. The predicted molar refractivity (Wildman–Crippen MR) is 51.4 cm³/mol. The van der Waals surface area contributed by atoms with Crippen molar-refractivity contribution in [1.82, 2.24) is 5.32 Å². The lowest BCUT2D eigenvalue weighted by atomic mass is 9.99. The Hall–Kier alpha value is -0.510. The molecule has 0 rings (SSSR count). The molecule has 0 unspecified atom stereocenters.